The molecule has 1 atom stereocenters. The van der Waals surface area contributed by atoms with Crippen molar-refractivity contribution in [3.05, 3.63) is 83.9 Å². The average molecular weight is 566 g/mol. The lowest BCUT2D eigenvalue weighted by Gasteiger charge is -2.40. The van der Waals surface area contributed by atoms with Crippen LogP contribution in [0.4, 0.5) is 0 Å². The Morgan fingerprint density at radius 2 is 1.88 bits per heavy atom. The number of carbonyl (C=O) groups excluding carboxylic acids is 1. The number of carboxylic acid groups (broad SMARTS) is 1. The van der Waals surface area contributed by atoms with Crippen LogP contribution >= 0.6 is 0 Å². The predicted molar refractivity (Wildman–Crippen MR) is 163 cm³/mol. The molecule has 0 aliphatic carbocycles. The average Bonchev–Trinajstić information content (AvgIpc) is 3.61. The number of aliphatic carboxylic acids is 1. The molecule has 1 unspecified atom stereocenters. The monoisotopic (exact) mass is 565 g/mol. The number of imidazole rings is 1. The number of hydrogen-bond acceptors (Lipinski definition) is 5. The maximum Gasteiger partial charge on any atom is 0.303 e. The van der Waals surface area contributed by atoms with Gasteiger partial charge in [-0.15, -0.1) is 0 Å². The van der Waals surface area contributed by atoms with Gasteiger partial charge in [0.25, 0.3) is 0 Å². The van der Waals surface area contributed by atoms with Crippen molar-refractivity contribution in [1.82, 2.24) is 24.8 Å². The number of aryl methyl sites for hydroxylation is 1. The number of hydrogen-bond donors (Lipinski definition) is 3. The van der Waals surface area contributed by atoms with E-state index in [0.29, 0.717) is 32.6 Å². The number of carboxylic acids is 1. The molecule has 1 aliphatic heterocycles. The van der Waals surface area contributed by atoms with Crippen molar-refractivity contribution >= 4 is 33.6 Å². The molecule has 3 aromatic carbocycles. The highest BCUT2D eigenvalue weighted by molar-refractivity contribution is 5.91. The molecular formula is C33H35N5O4. The summed E-state index contributed by atoms with van der Waals surface area (Å²) in [5.74, 6) is 0.712. The van der Waals surface area contributed by atoms with Crippen LogP contribution in [-0.4, -0.2) is 75.0 Å². The maximum atomic E-state index is 14.0. The van der Waals surface area contributed by atoms with Crippen LogP contribution in [0.3, 0.4) is 0 Å². The van der Waals surface area contributed by atoms with E-state index in [2.05, 4.69) is 45.2 Å². The van der Waals surface area contributed by atoms with Crippen LogP contribution in [0.2, 0.25) is 0 Å². The molecule has 1 fully saturated rings. The number of rotatable bonds is 9. The van der Waals surface area contributed by atoms with Gasteiger partial charge in [0.1, 0.15) is 17.6 Å². The third-order valence-electron chi connectivity index (χ3n) is 8.28. The molecule has 1 saturated heterocycles. The van der Waals surface area contributed by atoms with Gasteiger partial charge in [-0.25, -0.2) is 4.98 Å². The van der Waals surface area contributed by atoms with Gasteiger partial charge < -0.3 is 24.7 Å². The minimum Gasteiger partial charge on any atom is -0.497 e. The lowest BCUT2D eigenvalue weighted by Crippen LogP contribution is -2.51. The van der Waals surface area contributed by atoms with E-state index in [-0.39, 0.29) is 24.8 Å². The number of fused-ring (bicyclic) bond motifs is 2. The summed E-state index contributed by atoms with van der Waals surface area (Å²) in [5.41, 5.74) is 4.83. The molecule has 6 rings (SSSR count). The van der Waals surface area contributed by atoms with Crippen molar-refractivity contribution in [3.8, 4) is 17.0 Å². The number of aromatic amines is 2. The third-order valence-corrected chi connectivity index (χ3v) is 8.28. The smallest absolute Gasteiger partial charge is 0.303 e. The number of methoxy groups -OCH3 is 1. The molecule has 1 aliphatic rings. The number of ether oxygens (including phenoxy) is 1. The standard InChI is InChI=1S/C33H35N5O4/c1-21-26(27-17-25(42-2)11-12-28(27)35-21)18-31(39)38-15-14-37(13-5-8-32(40)41)20-30(38)33-34-19-29(36-33)24-10-9-22-6-3-4-7-23(22)16-24/h3-4,6-7,9-12,16-17,19,30,35H,5,8,13-15,18,20H2,1-2H3,(H,34,36)(H,40,41). The zero-order chi connectivity index (χ0) is 29.2. The van der Waals surface area contributed by atoms with Crippen molar-refractivity contribution < 1.29 is 19.4 Å². The summed E-state index contributed by atoms with van der Waals surface area (Å²) >= 11 is 0. The third kappa shape index (κ3) is 5.60. The van der Waals surface area contributed by atoms with E-state index in [9.17, 15) is 9.59 Å². The molecule has 0 spiro atoms. The van der Waals surface area contributed by atoms with Crippen molar-refractivity contribution in [2.45, 2.75) is 32.2 Å². The number of aromatic nitrogens is 3. The fourth-order valence-corrected chi connectivity index (χ4v) is 6.01. The summed E-state index contributed by atoms with van der Waals surface area (Å²) in [6.07, 6.45) is 2.78. The van der Waals surface area contributed by atoms with Crippen LogP contribution in [0.25, 0.3) is 32.9 Å². The molecule has 0 bridgehead atoms. The maximum absolute atomic E-state index is 14.0. The van der Waals surface area contributed by atoms with E-state index < -0.39 is 5.97 Å². The Morgan fingerprint density at radius 1 is 1.05 bits per heavy atom. The molecule has 42 heavy (non-hydrogen) atoms. The van der Waals surface area contributed by atoms with Crippen LogP contribution in [0.1, 0.15) is 36.0 Å². The fraction of sp³-hybridized carbons (Fsp3) is 0.303. The second-order valence-electron chi connectivity index (χ2n) is 11.0. The summed E-state index contributed by atoms with van der Waals surface area (Å²) in [5, 5.41) is 12.4. The second kappa shape index (κ2) is 11.7. The first kappa shape index (κ1) is 27.5. The van der Waals surface area contributed by atoms with Gasteiger partial charge in [-0.2, -0.15) is 0 Å². The van der Waals surface area contributed by atoms with Crippen molar-refractivity contribution in [2.24, 2.45) is 0 Å². The molecular weight excluding hydrogens is 530 g/mol. The number of nitrogens with one attached hydrogen (secondary N) is 2. The highest BCUT2D eigenvalue weighted by Crippen LogP contribution is 2.31. The van der Waals surface area contributed by atoms with E-state index >= 15 is 0 Å². The topological polar surface area (TPSA) is 115 Å². The minimum absolute atomic E-state index is 0.0284. The number of amides is 1. The molecule has 3 heterocycles. The Hall–Kier alpha value is -4.63. The van der Waals surface area contributed by atoms with E-state index in [4.69, 9.17) is 14.8 Å². The van der Waals surface area contributed by atoms with Crippen LogP contribution in [-0.2, 0) is 16.0 Å². The molecule has 5 aromatic rings. The van der Waals surface area contributed by atoms with E-state index in [0.717, 1.165) is 50.4 Å². The predicted octanol–water partition coefficient (Wildman–Crippen LogP) is 5.32. The highest BCUT2D eigenvalue weighted by atomic mass is 16.5. The van der Waals surface area contributed by atoms with Crippen LogP contribution in [0, 0.1) is 6.92 Å². The first-order valence-electron chi connectivity index (χ1n) is 14.3. The van der Waals surface area contributed by atoms with Gasteiger partial charge in [-0.1, -0.05) is 36.4 Å². The van der Waals surface area contributed by atoms with Crippen molar-refractivity contribution in [1.29, 1.82) is 0 Å². The SMILES string of the molecule is COc1ccc2[nH]c(C)c(CC(=O)N3CCN(CCCC(=O)O)CC3c3ncc(-c4ccc5ccccc5c4)[nH]3)c2c1. The van der Waals surface area contributed by atoms with Gasteiger partial charge in [0.15, 0.2) is 0 Å². The van der Waals surface area contributed by atoms with Crippen LogP contribution in [0.15, 0.2) is 66.9 Å². The Morgan fingerprint density at radius 3 is 2.69 bits per heavy atom. The molecule has 216 valence electrons. The van der Waals surface area contributed by atoms with E-state index in [1.807, 2.05) is 48.4 Å². The summed E-state index contributed by atoms with van der Waals surface area (Å²) in [7, 11) is 1.64. The van der Waals surface area contributed by atoms with Gasteiger partial charge >= 0.3 is 5.97 Å². The van der Waals surface area contributed by atoms with Gasteiger partial charge in [0.05, 0.1) is 25.4 Å². The van der Waals surface area contributed by atoms with Gasteiger partial charge in [0.2, 0.25) is 5.91 Å². The van der Waals surface area contributed by atoms with Gasteiger partial charge in [-0.3, -0.25) is 14.5 Å². The molecule has 0 saturated carbocycles. The lowest BCUT2D eigenvalue weighted by atomic mass is 10.0. The van der Waals surface area contributed by atoms with E-state index in [1.165, 1.54) is 5.39 Å². The van der Waals surface area contributed by atoms with E-state index in [1.54, 1.807) is 7.11 Å². The Labute approximate surface area is 244 Å². The number of carbonyl (C=O) groups is 2. The zero-order valence-corrected chi connectivity index (χ0v) is 23.9. The van der Waals surface area contributed by atoms with Crippen molar-refractivity contribution in [3.63, 3.8) is 0 Å². The van der Waals surface area contributed by atoms with Crippen molar-refractivity contribution in [2.75, 3.05) is 33.3 Å². The number of nitrogens with zero attached hydrogens (tertiary/aromatic N) is 3. The number of piperazine rings is 1. The first-order chi connectivity index (χ1) is 20.4. The van der Waals surface area contributed by atoms with Gasteiger partial charge in [0, 0.05) is 48.2 Å². The molecule has 9 heteroatoms. The Kier molecular flexibility index (Phi) is 7.67. The molecule has 9 nitrogen and oxygen atoms in total. The molecule has 3 N–H and O–H groups in total. The number of benzene rings is 3. The second-order valence-corrected chi connectivity index (χ2v) is 11.0. The van der Waals surface area contributed by atoms with Gasteiger partial charge in [-0.05, 0) is 60.5 Å². The molecule has 2 aromatic heterocycles. The largest absolute Gasteiger partial charge is 0.497 e. The zero-order valence-electron chi connectivity index (χ0n) is 23.9. The first-order valence-corrected chi connectivity index (χ1v) is 14.3. The Balaban J connectivity index is 1.28. The summed E-state index contributed by atoms with van der Waals surface area (Å²) in [4.78, 5) is 40.9. The van der Waals surface area contributed by atoms with Crippen LogP contribution < -0.4 is 4.74 Å². The molecule has 0 radical (unpaired) electrons. The highest BCUT2D eigenvalue weighted by Gasteiger charge is 2.34. The normalized spacial score (nSPS) is 15.9. The van der Waals surface area contributed by atoms with Crippen LogP contribution in [0.5, 0.6) is 5.75 Å². The fourth-order valence-electron chi connectivity index (χ4n) is 6.01. The minimum atomic E-state index is -0.794. The Bertz CT molecular complexity index is 1760. The molecule has 1 amide bonds. The number of H-pyrrole nitrogens is 2. The lowest BCUT2D eigenvalue weighted by molar-refractivity contribution is -0.137. The summed E-state index contributed by atoms with van der Waals surface area (Å²) < 4.78 is 5.44. The quantitative estimate of drug-likeness (QED) is 0.223. The summed E-state index contributed by atoms with van der Waals surface area (Å²) in [6.45, 7) is 4.45. The summed E-state index contributed by atoms with van der Waals surface area (Å²) in [6, 6.07) is 20.1.